The third-order valence-corrected chi connectivity index (χ3v) is 4.73. The average molecular weight is 387 g/mol. The van der Waals surface area contributed by atoms with Crippen molar-refractivity contribution in [3.63, 3.8) is 0 Å². The van der Waals surface area contributed by atoms with Gasteiger partial charge in [-0.25, -0.2) is 9.36 Å². The molecule has 10 heteroatoms. The smallest absolute Gasteiger partial charge is 0.228 e. The molecule has 1 amide bonds. The van der Waals surface area contributed by atoms with E-state index in [1.54, 1.807) is 4.68 Å². The zero-order chi connectivity index (χ0) is 19.6. The largest absolute Gasteiger partial charge is 0.326 e. The lowest BCUT2D eigenvalue weighted by Gasteiger charge is -2.07. The molecule has 5 rings (SSSR count). The zero-order valence-electron chi connectivity index (χ0n) is 15.4. The van der Waals surface area contributed by atoms with Crippen molar-refractivity contribution < 1.29 is 4.79 Å². The second-order valence-electron chi connectivity index (χ2n) is 6.90. The van der Waals surface area contributed by atoms with Crippen LogP contribution in [-0.4, -0.2) is 46.3 Å². The minimum atomic E-state index is -0.0873. The molecular weight excluding hydrogens is 370 g/mol. The fraction of sp³-hybridized carbons (Fsp3) is 0.211. The number of carbonyl (C=O) groups excluding carboxylic acids is 1. The highest BCUT2D eigenvalue weighted by molar-refractivity contribution is 5.92. The van der Waals surface area contributed by atoms with E-state index in [-0.39, 0.29) is 12.3 Å². The molecule has 2 aromatic heterocycles. The fourth-order valence-corrected chi connectivity index (χ4v) is 3.09. The molecule has 2 aromatic carbocycles. The van der Waals surface area contributed by atoms with Crippen molar-refractivity contribution in [1.29, 1.82) is 0 Å². The first-order valence-corrected chi connectivity index (χ1v) is 9.27. The molecule has 0 aliphatic heterocycles. The van der Waals surface area contributed by atoms with Crippen LogP contribution in [0.4, 0.5) is 5.69 Å². The molecular formula is C19H17N9O. The van der Waals surface area contributed by atoms with Crippen LogP contribution in [0.25, 0.3) is 17.1 Å². The third-order valence-electron chi connectivity index (χ3n) is 4.73. The summed E-state index contributed by atoms with van der Waals surface area (Å²) in [7, 11) is 0. The molecule has 1 aliphatic carbocycles. The lowest BCUT2D eigenvalue weighted by Crippen LogP contribution is -2.14. The standard InChI is InChI=1S/C19H17N9O/c29-18(11-13-1-7-16(8-2-13)27-12-20-23-25-27)21-15-5-3-14(4-6-15)19-22-24-26-28(19)17-9-10-17/h1-8,12,17H,9-11H2,(H,21,29). The Labute approximate surface area is 165 Å². The Balaban J connectivity index is 1.22. The van der Waals surface area contributed by atoms with Gasteiger partial charge in [-0.2, -0.15) is 0 Å². The Morgan fingerprint density at radius 2 is 1.79 bits per heavy atom. The number of anilines is 1. The summed E-state index contributed by atoms with van der Waals surface area (Å²) in [5, 5.41) is 26.0. The van der Waals surface area contributed by atoms with Gasteiger partial charge in [0.1, 0.15) is 6.33 Å². The van der Waals surface area contributed by atoms with E-state index in [2.05, 4.69) is 36.4 Å². The molecule has 1 N–H and O–H groups in total. The van der Waals surface area contributed by atoms with Gasteiger partial charge < -0.3 is 5.32 Å². The molecule has 0 bridgehead atoms. The lowest BCUT2D eigenvalue weighted by molar-refractivity contribution is -0.115. The maximum Gasteiger partial charge on any atom is 0.228 e. The van der Waals surface area contributed by atoms with Gasteiger partial charge in [0.2, 0.25) is 5.91 Å². The highest BCUT2D eigenvalue weighted by Crippen LogP contribution is 2.36. The third kappa shape index (κ3) is 3.72. The van der Waals surface area contributed by atoms with Crippen LogP contribution in [0.1, 0.15) is 24.4 Å². The topological polar surface area (TPSA) is 116 Å². The first-order chi connectivity index (χ1) is 14.3. The Hall–Kier alpha value is -3.95. The molecule has 144 valence electrons. The van der Waals surface area contributed by atoms with Gasteiger partial charge in [0.15, 0.2) is 5.82 Å². The summed E-state index contributed by atoms with van der Waals surface area (Å²) >= 11 is 0. The van der Waals surface area contributed by atoms with Crippen molar-refractivity contribution in [1.82, 2.24) is 40.4 Å². The number of tetrazole rings is 2. The highest BCUT2D eigenvalue weighted by atomic mass is 16.1. The Bertz CT molecular complexity index is 1110. The van der Waals surface area contributed by atoms with Gasteiger partial charge in [0.05, 0.1) is 18.2 Å². The van der Waals surface area contributed by atoms with E-state index in [0.717, 1.165) is 41.2 Å². The fourth-order valence-electron chi connectivity index (χ4n) is 3.09. The summed E-state index contributed by atoms with van der Waals surface area (Å²) < 4.78 is 3.43. The quantitative estimate of drug-likeness (QED) is 0.536. The van der Waals surface area contributed by atoms with E-state index in [9.17, 15) is 4.79 Å². The zero-order valence-corrected chi connectivity index (χ0v) is 15.4. The number of benzene rings is 2. The van der Waals surface area contributed by atoms with Crippen molar-refractivity contribution >= 4 is 11.6 Å². The summed E-state index contributed by atoms with van der Waals surface area (Å²) in [4.78, 5) is 12.4. The molecule has 1 fully saturated rings. The van der Waals surface area contributed by atoms with E-state index in [1.807, 2.05) is 53.2 Å². The van der Waals surface area contributed by atoms with Crippen LogP contribution < -0.4 is 5.32 Å². The Morgan fingerprint density at radius 3 is 2.48 bits per heavy atom. The van der Waals surface area contributed by atoms with Gasteiger partial charge in [-0.15, -0.1) is 10.2 Å². The molecule has 1 saturated carbocycles. The number of carbonyl (C=O) groups is 1. The monoisotopic (exact) mass is 387 g/mol. The van der Waals surface area contributed by atoms with Crippen molar-refractivity contribution in [2.75, 3.05) is 5.32 Å². The van der Waals surface area contributed by atoms with Crippen molar-refractivity contribution in [3.8, 4) is 17.1 Å². The van der Waals surface area contributed by atoms with Gasteiger partial charge in [-0.1, -0.05) is 12.1 Å². The molecule has 2 heterocycles. The maximum absolute atomic E-state index is 12.4. The number of nitrogens with one attached hydrogen (secondary N) is 1. The molecule has 0 radical (unpaired) electrons. The second kappa shape index (κ2) is 7.23. The van der Waals surface area contributed by atoms with Crippen LogP contribution in [0.3, 0.4) is 0 Å². The van der Waals surface area contributed by atoms with Crippen LogP contribution >= 0.6 is 0 Å². The Morgan fingerprint density at radius 1 is 1.00 bits per heavy atom. The van der Waals surface area contributed by atoms with Crippen molar-refractivity contribution in [2.24, 2.45) is 0 Å². The summed E-state index contributed by atoms with van der Waals surface area (Å²) in [6, 6.07) is 15.5. The molecule has 0 spiro atoms. The summed E-state index contributed by atoms with van der Waals surface area (Å²) in [5.41, 5.74) is 3.40. The predicted octanol–water partition coefficient (Wildman–Crippen LogP) is 1.83. The SMILES string of the molecule is O=C(Cc1ccc(-n2cnnn2)cc1)Nc1ccc(-c2nnnn2C2CC2)cc1. The average Bonchev–Trinajstić information content (AvgIpc) is 3.23. The van der Waals surface area contributed by atoms with Crippen molar-refractivity contribution in [2.45, 2.75) is 25.3 Å². The van der Waals surface area contributed by atoms with E-state index >= 15 is 0 Å². The van der Waals surface area contributed by atoms with E-state index in [4.69, 9.17) is 0 Å². The number of hydrogen-bond donors (Lipinski definition) is 1. The van der Waals surface area contributed by atoms with Crippen LogP contribution in [0.2, 0.25) is 0 Å². The first kappa shape index (κ1) is 17.2. The molecule has 0 atom stereocenters. The number of amides is 1. The summed E-state index contributed by atoms with van der Waals surface area (Å²) in [6.45, 7) is 0. The van der Waals surface area contributed by atoms with Gasteiger partial charge in [0.25, 0.3) is 0 Å². The van der Waals surface area contributed by atoms with Gasteiger partial charge in [0, 0.05) is 11.3 Å². The lowest BCUT2D eigenvalue weighted by atomic mass is 10.1. The first-order valence-electron chi connectivity index (χ1n) is 9.27. The molecule has 0 unspecified atom stereocenters. The number of nitrogens with zero attached hydrogens (tertiary/aromatic N) is 8. The van der Waals surface area contributed by atoms with Crippen LogP contribution in [-0.2, 0) is 11.2 Å². The van der Waals surface area contributed by atoms with E-state index in [0.29, 0.717) is 6.04 Å². The minimum Gasteiger partial charge on any atom is -0.326 e. The molecule has 0 saturated heterocycles. The maximum atomic E-state index is 12.4. The van der Waals surface area contributed by atoms with Crippen molar-refractivity contribution in [3.05, 3.63) is 60.4 Å². The van der Waals surface area contributed by atoms with Gasteiger partial charge >= 0.3 is 0 Å². The number of aromatic nitrogens is 8. The minimum absolute atomic E-state index is 0.0873. The summed E-state index contributed by atoms with van der Waals surface area (Å²) in [6.07, 6.45) is 4.03. The van der Waals surface area contributed by atoms with Crippen LogP contribution in [0.15, 0.2) is 54.9 Å². The number of hydrogen-bond acceptors (Lipinski definition) is 7. The highest BCUT2D eigenvalue weighted by Gasteiger charge is 2.28. The van der Waals surface area contributed by atoms with Gasteiger partial charge in [-0.3, -0.25) is 4.79 Å². The molecule has 10 nitrogen and oxygen atoms in total. The van der Waals surface area contributed by atoms with E-state index in [1.165, 1.54) is 6.33 Å². The molecule has 29 heavy (non-hydrogen) atoms. The molecule has 4 aromatic rings. The normalized spacial score (nSPS) is 13.4. The second-order valence-corrected chi connectivity index (χ2v) is 6.90. The molecule has 1 aliphatic rings. The van der Waals surface area contributed by atoms with Crippen LogP contribution in [0.5, 0.6) is 0 Å². The Kier molecular flexibility index (Phi) is 4.28. The number of rotatable bonds is 6. The summed E-state index contributed by atoms with van der Waals surface area (Å²) in [5.74, 6) is 0.670. The van der Waals surface area contributed by atoms with Gasteiger partial charge in [-0.05, 0) is 75.7 Å². The van der Waals surface area contributed by atoms with E-state index < -0.39 is 0 Å². The predicted molar refractivity (Wildman–Crippen MR) is 103 cm³/mol. The van der Waals surface area contributed by atoms with Crippen LogP contribution in [0, 0.1) is 0 Å².